The fourth-order valence-corrected chi connectivity index (χ4v) is 2.22. The fraction of sp³-hybridized carbons (Fsp3) is 0.429. The average molecular weight is 311 g/mol. The van der Waals surface area contributed by atoms with Crippen LogP contribution >= 0.6 is 0 Å². The number of rotatable bonds is 3. The van der Waals surface area contributed by atoms with E-state index >= 15 is 0 Å². The Hall–Kier alpha value is -1.94. The van der Waals surface area contributed by atoms with Crippen LogP contribution < -0.4 is 5.32 Å². The van der Waals surface area contributed by atoms with Crippen molar-refractivity contribution in [2.75, 3.05) is 6.26 Å². The van der Waals surface area contributed by atoms with Crippen molar-refractivity contribution in [3.05, 3.63) is 29.6 Å². The SMILES string of the molecule is C/S(=N\C#N)c1ccc(CNC(=O)OC(C)(C)C)c(F)c1. The van der Waals surface area contributed by atoms with Gasteiger partial charge in [0.15, 0.2) is 0 Å². The monoisotopic (exact) mass is 311 g/mol. The van der Waals surface area contributed by atoms with E-state index in [2.05, 4.69) is 9.68 Å². The quantitative estimate of drug-likeness (QED) is 0.871. The van der Waals surface area contributed by atoms with E-state index in [1.807, 2.05) is 0 Å². The Balaban J connectivity index is 2.72. The highest BCUT2D eigenvalue weighted by Crippen LogP contribution is 2.14. The van der Waals surface area contributed by atoms with Gasteiger partial charge in [-0.25, -0.2) is 9.18 Å². The third-order valence-corrected chi connectivity index (χ3v) is 3.66. The van der Waals surface area contributed by atoms with Crippen molar-refractivity contribution in [1.29, 1.82) is 5.26 Å². The maximum Gasteiger partial charge on any atom is 0.407 e. The van der Waals surface area contributed by atoms with Crippen molar-refractivity contribution in [1.82, 2.24) is 5.32 Å². The van der Waals surface area contributed by atoms with E-state index in [1.165, 1.54) is 6.07 Å². The van der Waals surface area contributed by atoms with Gasteiger partial charge in [0.1, 0.15) is 11.4 Å². The highest BCUT2D eigenvalue weighted by molar-refractivity contribution is 7.86. The second kappa shape index (κ2) is 7.18. The van der Waals surface area contributed by atoms with Crippen LogP contribution in [0.5, 0.6) is 0 Å². The van der Waals surface area contributed by atoms with Crippen LogP contribution in [0.2, 0.25) is 0 Å². The van der Waals surface area contributed by atoms with Gasteiger partial charge in [-0.1, -0.05) is 16.8 Å². The second-order valence-corrected chi connectivity index (χ2v) is 6.89. The molecule has 1 aromatic rings. The number of hydrogen-bond acceptors (Lipinski definition) is 4. The van der Waals surface area contributed by atoms with E-state index in [1.54, 1.807) is 45.4 Å². The predicted octanol–water partition coefficient (Wildman–Crippen LogP) is 3.12. The fourth-order valence-electron chi connectivity index (χ4n) is 1.45. The van der Waals surface area contributed by atoms with Gasteiger partial charge in [-0.15, -0.1) is 4.36 Å². The lowest BCUT2D eigenvalue weighted by molar-refractivity contribution is 0.0523. The molecule has 0 aromatic heterocycles. The lowest BCUT2D eigenvalue weighted by atomic mass is 10.2. The highest BCUT2D eigenvalue weighted by Gasteiger charge is 2.16. The Kier molecular flexibility index (Phi) is 5.85. The van der Waals surface area contributed by atoms with Crippen LogP contribution in [-0.4, -0.2) is 18.0 Å². The zero-order valence-corrected chi connectivity index (χ0v) is 13.3. The minimum Gasteiger partial charge on any atom is -0.444 e. The molecule has 1 amide bonds. The summed E-state index contributed by atoms with van der Waals surface area (Å²) in [5.41, 5.74) is -0.250. The normalized spacial score (nSPS) is 12.6. The van der Waals surface area contributed by atoms with Gasteiger partial charge in [-0.05, 0) is 39.2 Å². The van der Waals surface area contributed by atoms with Crippen LogP contribution in [-0.2, 0) is 22.0 Å². The maximum absolute atomic E-state index is 13.9. The van der Waals surface area contributed by atoms with Crippen molar-refractivity contribution in [2.24, 2.45) is 4.36 Å². The van der Waals surface area contributed by atoms with Crippen molar-refractivity contribution < 1.29 is 13.9 Å². The summed E-state index contributed by atoms with van der Waals surface area (Å²) in [6, 6.07) is 4.59. The molecule has 5 nitrogen and oxygen atoms in total. The van der Waals surface area contributed by atoms with Gasteiger partial charge in [0.25, 0.3) is 0 Å². The van der Waals surface area contributed by atoms with Gasteiger partial charge in [0, 0.05) is 17.0 Å². The molecule has 0 fully saturated rings. The number of carbonyl (C=O) groups is 1. The molecule has 0 saturated carbocycles. The van der Waals surface area contributed by atoms with Gasteiger partial charge >= 0.3 is 6.09 Å². The molecule has 21 heavy (non-hydrogen) atoms. The Morgan fingerprint density at radius 2 is 2.19 bits per heavy atom. The summed E-state index contributed by atoms with van der Waals surface area (Å²) in [6.45, 7) is 5.29. The molecule has 0 aliphatic heterocycles. The largest absolute Gasteiger partial charge is 0.444 e. The lowest BCUT2D eigenvalue weighted by Crippen LogP contribution is -2.32. The van der Waals surface area contributed by atoms with Gasteiger partial charge in [-0.2, -0.15) is 5.26 Å². The second-order valence-electron chi connectivity index (χ2n) is 5.28. The number of hydrogen-bond donors (Lipinski definition) is 1. The standard InChI is InChI=1S/C14H18FN3O2S/c1-14(2,3)20-13(19)17-8-10-5-6-11(7-12(10)15)21(4)18-9-16/h5-7H,8H2,1-4H3,(H,17,19). The van der Waals surface area contributed by atoms with E-state index in [-0.39, 0.29) is 6.54 Å². The number of ether oxygens (including phenoxy) is 1. The Labute approximate surface area is 126 Å². The summed E-state index contributed by atoms with van der Waals surface area (Å²) in [5, 5.41) is 11.0. The van der Waals surface area contributed by atoms with Crippen molar-refractivity contribution >= 4 is 16.8 Å². The first-order valence-electron chi connectivity index (χ1n) is 6.24. The van der Waals surface area contributed by atoms with E-state index in [0.29, 0.717) is 10.5 Å². The molecule has 114 valence electrons. The maximum atomic E-state index is 13.9. The van der Waals surface area contributed by atoms with Crippen LogP contribution in [0.1, 0.15) is 26.3 Å². The molecule has 7 heteroatoms. The molecule has 1 rings (SSSR count). The number of nitriles is 1. The van der Waals surface area contributed by atoms with E-state index < -0.39 is 28.2 Å². The van der Waals surface area contributed by atoms with Crippen LogP contribution in [0.25, 0.3) is 0 Å². The molecule has 1 atom stereocenters. The number of halogens is 1. The number of nitrogens with zero attached hydrogens (tertiary/aromatic N) is 2. The number of carbonyl (C=O) groups excluding carboxylic acids is 1. The molecule has 1 N–H and O–H groups in total. The van der Waals surface area contributed by atoms with Crippen LogP contribution in [0, 0.1) is 17.3 Å². The summed E-state index contributed by atoms with van der Waals surface area (Å²) in [7, 11) is -0.666. The molecule has 0 bridgehead atoms. The Morgan fingerprint density at radius 1 is 1.52 bits per heavy atom. The minimum absolute atomic E-state index is 0.0356. The Morgan fingerprint density at radius 3 is 2.71 bits per heavy atom. The van der Waals surface area contributed by atoms with Gasteiger partial charge in [-0.3, -0.25) is 0 Å². The van der Waals surface area contributed by atoms with Crippen LogP contribution in [0.4, 0.5) is 9.18 Å². The third-order valence-electron chi connectivity index (χ3n) is 2.37. The molecule has 1 unspecified atom stereocenters. The lowest BCUT2D eigenvalue weighted by Gasteiger charge is -2.19. The van der Waals surface area contributed by atoms with Crippen LogP contribution in [0.3, 0.4) is 0 Å². The van der Waals surface area contributed by atoms with Crippen LogP contribution in [0.15, 0.2) is 27.5 Å². The average Bonchev–Trinajstić information content (AvgIpc) is 2.35. The number of nitrogens with one attached hydrogen (secondary N) is 1. The first-order valence-corrected chi connectivity index (χ1v) is 7.83. The summed E-state index contributed by atoms with van der Waals surface area (Å²) in [4.78, 5) is 12.1. The molecular formula is C14H18FN3O2S. The van der Waals surface area contributed by atoms with E-state index in [9.17, 15) is 9.18 Å². The molecule has 0 heterocycles. The molecular weight excluding hydrogens is 293 g/mol. The number of benzene rings is 1. The number of alkyl carbamates (subject to hydrolysis) is 1. The predicted molar refractivity (Wildman–Crippen MR) is 79.1 cm³/mol. The molecule has 0 aliphatic rings. The van der Waals surface area contributed by atoms with E-state index in [4.69, 9.17) is 10.00 Å². The smallest absolute Gasteiger partial charge is 0.407 e. The first-order chi connectivity index (χ1) is 9.73. The first kappa shape index (κ1) is 17.1. The summed E-state index contributed by atoms with van der Waals surface area (Å²) in [5.74, 6) is -0.448. The van der Waals surface area contributed by atoms with Gasteiger partial charge in [0.05, 0.1) is 0 Å². The molecule has 0 saturated heterocycles. The highest BCUT2D eigenvalue weighted by atomic mass is 32.2. The van der Waals surface area contributed by atoms with Crippen molar-refractivity contribution in [3.8, 4) is 6.19 Å². The minimum atomic E-state index is -0.666. The zero-order valence-electron chi connectivity index (χ0n) is 12.4. The van der Waals surface area contributed by atoms with Gasteiger partial charge < -0.3 is 10.1 Å². The summed E-state index contributed by atoms with van der Waals surface area (Å²) >= 11 is 0. The Bertz CT molecular complexity index is 603. The zero-order chi connectivity index (χ0) is 16.0. The topological polar surface area (TPSA) is 74.5 Å². The molecule has 0 aliphatic carbocycles. The van der Waals surface area contributed by atoms with E-state index in [0.717, 1.165) is 0 Å². The van der Waals surface area contributed by atoms with Gasteiger partial charge in [0.2, 0.25) is 6.19 Å². The van der Waals surface area contributed by atoms with Crippen molar-refractivity contribution in [2.45, 2.75) is 37.8 Å². The number of amides is 1. The summed E-state index contributed by atoms with van der Waals surface area (Å²) < 4.78 is 22.7. The molecule has 0 radical (unpaired) electrons. The summed E-state index contributed by atoms with van der Waals surface area (Å²) in [6.07, 6.45) is 2.84. The third kappa shape index (κ3) is 5.92. The molecule has 0 spiro atoms. The van der Waals surface area contributed by atoms with Crippen molar-refractivity contribution in [3.63, 3.8) is 0 Å². The molecule has 1 aromatic carbocycles.